The number of fused-ring (bicyclic) bond motifs is 2. The van der Waals surface area contributed by atoms with Crippen LogP contribution >= 0.6 is 0 Å². The van der Waals surface area contributed by atoms with Crippen LogP contribution in [0.25, 0.3) is 0 Å². The van der Waals surface area contributed by atoms with Crippen LogP contribution < -0.4 is 4.74 Å². The van der Waals surface area contributed by atoms with Gasteiger partial charge in [-0.05, 0) is 0 Å². The molecule has 2 aliphatic heterocycles. The molecule has 0 aliphatic carbocycles. The molecule has 0 aromatic heterocycles. The van der Waals surface area contributed by atoms with Gasteiger partial charge in [0.2, 0.25) is 0 Å². The maximum atomic E-state index is 5.73. The second-order valence-corrected chi connectivity index (χ2v) is 5.79. The summed E-state index contributed by atoms with van der Waals surface area (Å²) in [5.41, 5.74) is 1.41. The van der Waals surface area contributed by atoms with Gasteiger partial charge in [-0.2, -0.15) is 0 Å². The molecule has 2 aliphatic rings. The Balaban J connectivity index is 0.000000563. The van der Waals surface area contributed by atoms with E-state index < -0.39 is 0 Å². The Hall–Kier alpha value is 0.462. The molecule has 3 heteroatoms. The van der Waals surface area contributed by atoms with Crippen molar-refractivity contribution in [1.82, 2.24) is 0 Å². The third-order valence-corrected chi connectivity index (χ3v) is 4.57. The standard InChI is InChI=1S/C9H8OSe.Cd/c1-2-4-7-6(3-1)5-8-9(10-7)11-8;/h1-4,8-9H,5H2;. The summed E-state index contributed by atoms with van der Waals surface area (Å²) in [5, 5.41) is 0.623. The van der Waals surface area contributed by atoms with Crippen molar-refractivity contribution < 1.29 is 32.0 Å². The molecule has 58 valence electrons. The van der Waals surface area contributed by atoms with Gasteiger partial charge in [0.05, 0.1) is 0 Å². The first-order valence-corrected chi connectivity index (χ1v) is 5.81. The molecule has 0 saturated carbocycles. The van der Waals surface area contributed by atoms with Crippen molar-refractivity contribution in [1.29, 1.82) is 0 Å². The van der Waals surface area contributed by atoms with Crippen LogP contribution in [0.1, 0.15) is 5.56 Å². The van der Waals surface area contributed by atoms with E-state index in [1.54, 1.807) is 0 Å². The van der Waals surface area contributed by atoms with Crippen molar-refractivity contribution in [3.05, 3.63) is 29.8 Å². The van der Waals surface area contributed by atoms with E-state index in [0.29, 0.717) is 5.00 Å². The summed E-state index contributed by atoms with van der Waals surface area (Å²) in [5.74, 6) is 1.13. The fraction of sp³-hybridized carbons (Fsp3) is 0.333. The zero-order chi connectivity index (χ0) is 7.26. The Morgan fingerprint density at radius 3 is 3.08 bits per heavy atom. The number of hydrogen-bond acceptors (Lipinski definition) is 1. The molecule has 1 aromatic carbocycles. The van der Waals surface area contributed by atoms with E-state index >= 15 is 0 Å². The van der Waals surface area contributed by atoms with E-state index in [2.05, 4.69) is 24.3 Å². The van der Waals surface area contributed by atoms with Crippen LogP contribution in [0.3, 0.4) is 0 Å². The molecular formula is C9H8CdOSe. The Kier molecular flexibility index (Phi) is 2.49. The van der Waals surface area contributed by atoms with Crippen molar-refractivity contribution in [3.63, 3.8) is 0 Å². The Labute approximate surface area is 98.2 Å². The molecule has 2 unspecified atom stereocenters. The van der Waals surface area contributed by atoms with Crippen molar-refractivity contribution >= 4 is 15.0 Å². The summed E-state index contributed by atoms with van der Waals surface area (Å²) in [6, 6.07) is 8.41. The van der Waals surface area contributed by atoms with Crippen molar-refractivity contribution in [2.75, 3.05) is 0 Å². The normalized spacial score (nSPS) is 29.0. The third-order valence-electron chi connectivity index (χ3n) is 2.17. The van der Waals surface area contributed by atoms with Gasteiger partial charge in [-0.1, -0.05) is 0 Å². The molecule has 2 atom stereocenters. The van der Waals surface area contributed by atoms with Crippen molar-refractivity contribution in [2.24, 2.45) is 0 Å². The molecule has 1 aromatic rings. The summed E-state index contributed by atoms with van der Waals surface area (Å²) in [6.45, 7) is 0. The second kappa shape index (κ2) is 3.31. The van der Waals surface area contributed by atoms with Crippen LogP contribution in [-0.2, 0) is 33.7 Å². The Bertz CT molecular complexity index is 273. The van der Waals surface area contributed by atoms with Gasteiger partial charge >= 0.3 is 71.5 Å². The molecule has 1 nitrogen and oxygen atoms in total. The van der Waals surface area contributed by atoms with Crippen LogP contribution in [0.4, 0.5) is 0 Å². The van der Waals surface area contributed by atoms with Gasteiger partial charge < -0.3 is 0 Å². The van der Waals surface area contributed by atoms with Gasteiger partial charge in [0.1, 0.15) is 0 Å². The van der Waals surface area contributed by atoms with E-state index in [9.17, 15) is 0 Å². The fourth-order valence-corrected chi connectivity index (χ4v) is 3.27. The van der Waals surface area contributed by atoms with Crippen molar-refractivity contribution in [2.45, 2.75) is 16.2 Å². The van der Waals surface area contributed by atoms with E-state index in [1.165, 1.54) is 12.0 Å². The molecule has 1 saturated heterocycles. The molecule has 0 bridgehead atoms. The topological polar surface area (TPSA) is 9.23 Å². The molecule has 0 N–H and O–H groups in total. The Morgan fingerprint density at radius 1 is 1.33 bits per heavy atom. The molecular weight excluding hydrogens is 315 g/mol. The zero-order valence-corrected chi connectivity index (χ0v) is 12.4. The van der Waals surface area contributed by atoms with Crippen molar-refractivity contribution in [3.8, 4) is 5.75 Å². The molecule has 3 rings (SSSR count). The maximum absolute atomic E-state index is 5.73. The summed E-state index contributed by atoms with van der Waals surface area (Å²) >= 11 is 0.777. The number of benzene rings is 1. The quantitative estimate of drug-likeness (QED) is 0.657. The average Bonchev–Trinajstić information content (AvgIpc) is 2.77. The van der Waals surface area contributed by atoms with E-state index in [4.69, 9.17) is 4.74 Å². The fourth-order valence-electron chi connectivity index (χ4n) is 1.50. The third kappa shape index (κ3) is 1.44. The molecule has 0 radical (unpaired) electrons. The molecule has 0 spiro atoms. The number of hydrogen-bond donors (Lipinski definition) is 0. The van der Waals surface area contributed by atoms with Gasteiger partial charge in [0, 0.05) is 27.3 Å². The number of ether oxygens (including phenoxy) is 1. The van der Waals surface area contributed by atoms with Crippen LogP contribution in [0.2, 0.25) is 4.82 Å². The minimum atomic E-state index is 0. The molecule has 2 heterocycles. The van der Waals surface area contributed by atoms with Gasteiger partial charge in [-0.15, -0.1) is 0 Å². The van der Waals surface area contributed by atoms with Crippen LogP contribution in [0.15, 0.2) is 24.3 Å². The van der Waals surface area contributed by atoms with Crippen LogP contribution in [-0.4, -0.2) is 20.0 Å². The summed E-state index contributed by atoms with van der Waals surface area (Å²) in [4.78, 5) is 0.900. The summed E-state index contributed by atoms with van der Waals surface area (Å²) in [7, 11) is 0. The van der Waals surface area contributed by atoms with Gasteiger partial charge in [-0.25, -0.2) is 0 Å². The SMILES string of the molecule is [Cd].c1ccc2c(c1)CC1[Se]C1O2. The first-order valence-electron chi connectivity index (χ1n) is 3.83. The number of para-hydroxylation sites is 1. The zero-order valence-electron chi connectivity index (χ0n) is 6.69. The predicted molar refractivity (Wildman–Crippen MR) is 44.1 cm³/mol. The van der Waals surface area contributed by atoms with Gasteiger partial charge in [0.25, 0.3) is 0 Å². The van der Waals surface area contributed by atoms with Gasteiger partial charge in [0.15, 0.2) is 0 Å². The average molecular weight is 324 g/mol. The first-order chi connectivity index (χ1) is 5.43. The second-order valence-electron chi connectivity index (χ2n) is 2.97. The monoisotopic (exact) mass is 326 g/mol. The number of rotatable bonds is 0. The molecule has 1 fully saturated rings. The molecule has 0 amide bonds. The van der Waals surface area contributed by atoms with Gasteiger partial charge in [-0.3, -0.25) is 0 Å². The van der Waals surface area contributed by atoms with E-state index in [0.717, 1.165) is 25.5 Å². The summed E-state index contributed by atoms with van der Waals surface area (Å²) < 4.78 is 5.73. The summed E-state index contributed by atoms with van der Waals surface area (Å²) in [6.07, 6.45) is 1.26. The van der Waals surface area contributed by atoms with E-state index in [-0.39, 0.29) is 27.3 Å². The first kappa shape index (κ1) is 9.03. The van der Waals surface area contributed by atoms with Crippen LogP contribution in [0, 0.1) is 0 Å². The molecule has 12 heavy (non-hydrogen) atoms. The van der Waals surface area contributed by atoms with E-state index in [1.807, 2.05) is 0 Å². The predicted octanol–water partition coefficient (Wildman–Crippen LogP) is 1.45. The Morgan fingerprint density at radius 2 is 2.17 bits per heavy atom. The van der Waals surface area contributed by atoms with Crippen LogP contribution in [0.5, 0.6) is 5.75 Å². The minimum absolute atomic E-state index is 0.